The normalized spacial score (nSPS) is 11.3. The highest BCUT2D eigenvalue weighted by Crippen LogP contribution is 2.16. The summed E-state index contributed by atoms with van der Waals surface area (Å²) in [5.74, 6) is 0. The molecule has 0 radical (unpaired) electrons. The molecular formula is C14H18N4. The van der Waals surface area contributed by atoms with Crippen LogP contribution < -0.4 is 0 Å². The Bertz CT molecular complexity index is 540. The van der Waals surface area contributed by atoms with Crippen LogP contribution in [0.3, 0.4) is 0 Å². The van der Waals surface area contributed by atoms with E-state index in [0.29, 0.717) is 0 Å². The summed E-state index contributed by atoms with van der Waals surface area (Å²) < 4.78 is 2.06. The molecule has 0 amide bonds. The molecule has 0 unspecified atom stereocenters. The van der Waals surface area contributed by atoms with Gasteiger partial charge in [-0.3, -0.25) is 4.68 Å². The maximum Gasteiger partial charge on any atom is 0.115 e. The number of hydrogen-bond donors (Lipinski definition) is 0. The van der Waals surface area contributed by atoms with Crippen molar-refractivity contribution in [2.75, 3.05) is 0 Å². The van der Waals surface area contributed by atoms with Crippen LogP contribution in [0.4, 0.5) is 0 Å². The van der Waals surface area contributed by atoms with E-state index in [1.165, 1.54) is 11.3 Å². The first-order chi connectivity index (χ1) is 8.72. The van der Waals surface area contributed by atoms with E-state index in [2.05, 4.69) is 39.7 Å². The second-order valence-corrected chi connectivity index (χ2v) is 4.28. The molecule has 4 heteroatoms. The Hall–Kier alpha value is -1.97. The quantitative estimate of drug-likeness (QED) is 0.828. The van der Waals surface area contributed by atoms with Crippen LogP contribution in [-0.2, 0) is 6.54 Å². The first kappa shape index (κ1) is 12.5. The molecule has 0 fully saturated rings. The highest BCUT2D eigenvalue weighted by atomic mass is 15.3. The lowest BCUT2D eigenvalue weighted by Gasteiger charge is -2.00. The van der Waals surface area contributed by atoms with Gasteiger partial charge in [0.15, 0.2) is 0 Å². The molecular weight excluding hydrogens is 224 g/mol. The van der Waals surface area contributed by atoms with Crippen LogP contribution >= 0.6 is 0 Å². The van der Waals surface area contributed by atoms with Crippen LogP contribution in [0.2, 0.25) is 0 Å². The fourth-order valence-corrected chi connectivity index (χ4v) is 1.95. The van der Waals surface area contributed by atoms with Crippen LogP contribution in [-0.4, -0.2) is 19.7 Å². The Balaban J connectivity index is 2.27. The van der Waals surface area contributed by atoms with Crippen LogP contribution in [0.1, 0.15) is 36.0 Å². The molecule has 0 aliphatic rings. The van der Waals surface area contributed by atoms with Gasteiger partial charge < -0.3 is 0 Å². The largest absolute Gasteiger partial charge is 0.269 e. The average molecular weight is 242 g/mol. The molecule has 2 aromatic heterocycles. The second-order valence-electron chi connectivity index (χ2n) is 4.28. The van der Waals surface area contributed by atoms with Crippen LogP contribution in [0, 0.1) is 13.8 Å². The predicted octanol–water partition coefficient (Wildman–Crippen LogP) is 2.87. The van der Waals surface area contributed by atoms with Gasteiger partial charge in [0.05, 0.1) is 11.4 Å². The van der Waals surface area contributed by atoms with Gasteiger partial charge in [0.2, 0.25) is 0 Å². The van der Waals surface area contributed by atoms with Crippen molar-refractivity contribution in [1.82, 2.24) is 19.7 Å². The van der Waals surface area contributed by atoms with Gasteiger partial charge in [-0.1, -0.05) is 6.92 Å². The smallest absolute Gasteiger partial charge is 0.115 e. The molecule has 0 saturated heterocycles. The van der Waals surface area contributed by atoms with Gasteiger partial charge in [0.25, 0.3) is 0 Å². The Morgan fingerprint density at radius 2 is 2.11 bits per heavy atom. The van der Waals surface area contributed by atoms with E-state index in [1.54, 1.807) is 12.5 Å². The van der Waals surface area contributed by atoms with Gasteiger partial charge in [0, 0.05) is 24.0 Å². The van der Waals surface area contributed by atoms with E-state index in [0.717, 1.165) is 24.4 Å². The van der Waals surface area contributed by atoms with Crippen LogP contribution in [0.25, 0.3) is 12.2 Å². The zero-order valence-electron chi connectivity index (χ0n) is 11.1. The number of aryl methyl sites for hydroxylation is 2. The summed E-state index contributed by atoms with van der Waals surface area (Å²) in [7, 11) is 0. The summed E-state index contributed by atoms with van der Waals surface area (Å²) in [6, 6.07) is 1.89. The summed E-state index contributed by atoms with van der Waals surface area (Å²) in [4.78, 5) is 8.07. The molecule has 0 N–H and O–H groups in total. The van der Waals surface area contributed by atoms with Gasteiger partial charge >= 0.3 is 0 Å². The van der Waals surface area contributed by atoms with Crippen molar-refractivity contribution in [3.8, 4) is 0 Å². The molecule has 0 aliphatic heterocycles. The standard InChI is InChI=1S/C14H18N4/c1-4-9-18-12(3)14(11(2)17-18)6-5-13-7-8-15-10-16-13/h5-8,10H,4,9H2,1-3H3. The molecule has 0 atom stereocenters. The number of aromatic nitrogens is 4. The molecule has 0 aliphatic carbocycles. The molecule has 0 aromatic carbocycles. The van der Waals surface area contributed by atoms with E-state index in [9.17, 15) is 0 Å². The fraction of sp³-hybridized carbons (Fsp3) is 0.357. The van der Waals surface area contributed by atoms with Gasteiger partial charge in [-0.25, -0.2) is 9.97 Å². The Morgan fingerprint density at radius 1 is 1.28 bits per heavy atom. The Labute approximate surface area is 107 Å². The zero-order chi connectivity index (χ0) is 13.0. The lowest BCUT2D eigenvalue weighted by Crippen LogP contribution is -2.01. The first-order valence-corrected chi connectivity index (χ1v) is 6.20. The number of hydrogen-bond acceptors (Lipinski definition) is 3. The van der Waals surface area contributed by atoms with E-state index >= 15 is 0 Å². The molecule has 4 nitrogen and oxygen atoms in total. The maximum atomic E-state index is 4.54. The summed E-state index contributed by atoms with van der Waals surface area (Å²) in [5, 5.41) is 4.54. The molecule has 2 rings (SSSR count). The third-order valence-corrected chi connectivity index (χ3v) is 2.90. The molecule has 18 heavy (non-hydrogen) atoms. The summed E-state index contributed by atoms with van der Waals surface area (Å²) in [5.41, 5.74) is 4.36. The van der Waals surface area contributed by atoms with Gasteiger partial charge in [0.1, 0.15) is 6.33 Å². The van der Waals surface area contributed by atoms with E-state index in [-0.39, 0.29) is 0 Å². The first-order valence-electron chi connectivity index (χ1n) is 6.20. The predicted molar refractivity (Wildman–Crippen MR) is 73.0 cm³/mol. The summed E-state index contributed by atoms with van der Waals surface area (Å²) >= 11 is 0. The third kappa shape index (κ3) is 2.64. The molecule has 0 saturated carbocycles. The van der Waals surface area contributed by atoms with Gasteiger partial charge in [-0.2, -0.15) is 5.10 Å². The Morgan fingerprint density at radius 3 is 2.78 bits per heavy atom. The monoisotopic (exact) mass is 242 g/mol. The minimum Gasteiger partial charge on any atom is -0.269 e. The highest BCUT2D eigenvalue weighted by molar-refractivity contribution is 5.70. The number of rotatable bonds is 4. The van der Waals surface area contributed by atoms with Crippen molar-refractivity contribution in [2.45, 2.75) is 33.7 Å². The van der Waals surface area contributed by atoms with Gasteiger partial charge in [-0.05, 0) is 38.5 Å². The topological polar surface area (TPSA) is 43.6 Å². The molecule has 2 aromatic rings. The lowest BCUT2D eigenvalue weighted by molar-refractivity contribution is 0.583. The minimum atomic E-state index is 0.909. The molecule has 0 spiro atoms. The van der Waals surface area contributed by atoms with E-state index in [4.69, 9.17) is 0 Å². The molecule has 2 heterocycles. The summed E-state index contributed by atoms with van der Waals surface area (Å²) in [6.45, 7) is 7.27. The molecule has 0 bridgehead atoms. The SMILES string of the molecule is CCCn1nc(C)c(C=Cc2ccncn2)c1C. The van der Waals surface area contributed by atoms with Crippen molar-refractivity contribution < 1.29 is 0 Å². The van der Waals surface area contributed by atoms with Crippen molar-refractivity contribution in [3.63, 3.8) is 0 Å². The van der Waals surface area contributed by atoms with E-state index < -0.39 is 0 Å². The van der Waals surface area contributed by atoms with E-state index in [1.807, 2.05) is 19.1 Å². The Kier molecular flexibility index (Phi) is 3.87. The fourth-order valence-electron chi connectivity index (χ4n) is 1.95. The van der Waals surface area contributed by atoms with Crippen molar-refractivity contribution in [3.05, 3.63) is 41.2 Å². The second kappa shape index (κ2) is 5.58. The maximum absolute atomic E-state index is 4.54. The van der Waals surface area contributed by atoms with Crippen molar-refractivity contribution >= 4 is 12.2 Å². The van der Waals surface area contributed by atoms with Crippen LogP contribution in [0.5, 0.6) is 0 Å². The minimum absolute atomic E-state index is 0.909. The zero-order valence-corrected chi connectivity index (χ0v) is 11.1. The third-order valence-electron chi connectivity index (χ3n) is 2.90. The average Bonchev–Trinajstić information content (AvgIpc) is 2.64. The van der Waals surface area contributed by atoms with Crippen LogP contribution in [0.15, 0.2) is 18.6 Å². The van der Waals surface area contributed by atoms with Crippen molar-refractivity contribution in [1.29, 1.82) is 0 Å². The van der Waals surface area contributed by atoms with Crippen molar-refractivity contribution in [2.24, 2.45) is 0 Å². The van der Waals surface area contributed by atoms with Gasteiger partial charge in [-0.15, -0.1) is 0 Å². The number of nitrogens with zero attached hydrogens (tertiary/aromatic N) is 4. The summed E-state index contributed by atoms with van der Waals surface area (Å²) in [6.07, 6.45) is 8.46. The lowest BCUT2D eigenvalue weighted by atomic mass is 10.1. The highest BCUT2D eigenvalue weighted by Gasteiger charge is 2.07. The molecule has 94 valence electrons.